The highest BCUT2D eigenvalue weighted by atomic mass is 16.6. The third-order valence-electron chi connectivity index (χ3n) is 2.90. The summed E-state index contributed by atoms with van der Waals surface area (Å²) in [5.74, 6) is 0.851. The smallest absolute Gasteiger partial charge is 0.272 e. The second-order valence-electron chi connectivity index (χ2n) is 4.56. The lowest BCUT2D eigenvalue weighted by atomic mass is 10.1. The first kappa shape index (κ1) is 15.7. The average Bonchev–Trinajstić information content (AvgIpc) is 2.40. The topological polar surface area (TPSA) is 111 Å². The first-order chi connectivity index (χ1) is 9.45. The van der Waals surface area contributed by atoms with Crippen LogP contribution in [0.5, 0.6) is 5.75 Å². The Bertz CT molecular complexity index is 515. The van der Waals surface area contributed by atoms with E-state index in [1.54, 1.807) is 19.9 Å². The van der Waals surface area contributed by atoms with E-state index in [1.807, 2.05) is 0 Å². The lowest BCUT2D eigenvalue weighted by Crippen LogP contribution is -2.11. The van der Waals surface area contributed by atoms with E-state index < -0.39 is 4.92 Å². The maximum atomic E-state index is 10.8. The van der Waals surface area contributed by atoms with E-state index >= 15 is 0 Å². The van der Waals surface area contributed by atoms with E-state index in [2.05, 4.69) is 5.16 Å². The van der Waals surface area contributed by atoms with E-state index in [4.69, 9.17) is 15.7 Å². The zero-order valence-electron chi connectivity index (χ0n) is 11.6. The second kappa shape index (κ2) is 7.32. The summed E-state index contributed by atoms with van der Waals surface area (Å²) >= 11 is 0. The third-order valence-corrected chi connectivity index (χ3v) is 2.90. The highest BCUT2D eigenvalue weighted by Gasteiger charge is 2.13. The number of nitrogens with two attached hydrogens (primary N) is 1. The van der Waals surface area contributed by atoms with Crippen LogP contribution in [0.2, 0.25) is 0 Å². The van der Waals surface area contributed by atoms with Crippen molar-refractivity contribution in [3.8, 4) is 5.75 Å². The molecule has 0 aromatic heterocycles. The van der Waals surface area contributed by atoms with Crippen LogP contribution in [0.25, 0.3) is 0 Å². The predicted octanol–water partition coefficient (Wildman–Crippen LogP) is 2.51. The van der Waals surface area contributed by atoms with Crippen LogP contribution in [0.4, 0.5) is 5.69 Å². The number of ether oxygens (including phenoxy) is 1. The lowest BCUT2D eigenvalue weighted by Gasteiger charge is -2.10. The summed E-state index contributed by atoms with van der Waals surface area (Å²) in [6.07, 6.45) is 2.02. The van der Waals surface area contributed by atoms with Gasteiger partial charge in [-0.05, 0) is 38.3 Å². The number of oxime groups is 1. The molecule has 1 rings (SSSR count). The lowest BCUT2D eigenvalue weighted by molar-refractivity contribution is -0.385. The van der Waals surface area contributed by atoms with Gasteiger partial charge in [-0.15, -0.1) is 0 Å². The SMILES string of the molecule is Cc1cc([N+](=O)[O-])c(C)cc1OCCCCC(N)=NO. The summed E-state index contributed by atoms with van der Waals surface area (Å²) < 4.78 is 5.60. The number of nitro groups is 1. The summed E-state index contributed by atoms with van der Waals surface area (Å²) in [6.45, 7) is 3.94. The van der Waals surface area contributed by atoms with Crippen LogP contribution in [-0.4, -0.2) is 22.6 Å². The molecule has 0 aliphatic rings. The average molecular weight is 281 g/mol. The molecule has 0 aliphatic carbocycles. The summed E-state index contributed by atoms with van der Waals surface area (Å²) in [5.41, 5.74) is 6.76. The van der Waals surface area contributed by atoms with Gasteiger partial charge in [0.15, 0.2) is 0 Å². The van der Waals surface area contributed by atoms with Gasteiger partial charge in [-0.25, -0.2) is 0 Å². The van der Waals surface area contributed by atoms with Crippen LogP contribution in [0, 0.1) is 24.0 Å². The van der Waals surface area contributed by atoms with Crippen molar-refractivity contribution in [3.63, 3.8) is 0 Å². The maximum Gasteiger partial charge on any atom is 0.272 e. The fourth-order valence-electron chi connectivity index (χ4n) is 1.77. The maximum absolute atomic E-state index is 10.8. The van der Waals surface area contributed by atoms with Gasteiger partial charge in [-0.1, -0.05) is 5.16 Å². The molecule has 7 heteroatoms. The zero-order chi connectivity index (χ0) is 15.1. The second-order valence-corrected chi connectivity index (χ2v) is 4.56. The molecule has 0 saturated carbocycles. The van der Waals surface area contributed by atoms with Gasteiger partial charge in [-0.2, -0.15) is 0 Å². The van der Waals surface area contributed by atoms with Crippen molar-refractivity contribution in [3.05, 3.63) is 33.4 Å². The summed E-state index contributed by atoms with van der Waals surface area (Å²) in [6, 6.07) is 3.19. The number of rotatable bonds is 7. The zero-order valence-corrected chi connectivity index (χ0v) is 11.6. The minimum absolute atomic E-state index is 0.0989. The fraction of sp³-hybridized carbons (Fsp3) is 0.462. The molecule has 3 N–H and O–H groups in total. The molecule has 20 heavy (non-hydrogen) atoms. The fourth-order valence-corrected chi connectivity index (χ4v) is 1.77. The Hall–Kier alpha value is -2.31. The minimum Gasteiger partial charge on any atom is -0.493 e. The molecular weight excluding hydrogens is 262 g/mol. The van der Waals surface area contributed by atoms with Gasteiger partial charge >= 0.3 is 0 Å². The van der Waals surface area contributed by atoms with Crippen LogP contribution < -0.4 is 10.5 Å². The molecule has 7 nitrogen and oxygen atoms in total. The van der Waals surface area contributed by atoms with Gasteiger partial charge in [0.05, 0.1) is 11.5 Å². The molecule has 0 heterocycles. The molecule has 0 amide bonds. The highest BCUT2D eigenvalue weighted by molar-refractivity contribution is 5.79. The third kappa shape index (κ3) is 4.42. The van der Waals surface area contributed by atoms with Crippen LogP contribution in [0.1, 0.15) is 30.4 Å². The minimum atomic E-state index is -0.400. The van der Waals surface area contributed by atoms with E-state index in [9.17, 15) is 10.1 Å². The Balaban J connectivity index is 2.53. The number of hydrogen-bond acceptors (Lipinski definition) is 5. The standard InChI is InChI=1S/C13H19N3O4/c1-9-8-12(10(2)7-11(9)16(18)19)20-6-4-3-5-13(14)15-17/h7-8,17H,3-6H2,1-2H3,(H2,14,15). The van der Waals surface area contributed by atoms with Crippen molar-refractivity contribution in [1.82, 2.24) is 0 Å². The molecule has 0 atom stereocenters. The first-order valence-corrected chi connectivity index (χ1v) is 6.30. The first-order valence-electron chi connectivity index (χ1n) is 6.30. The molecule has 0 saturated heterocycles. The number of benzene rings is 1. The number of nitrogens with zero attached hydrogens (tertiary/aromatic N) is 2. The van der Waals surface area contributed by atoms with Gasteiger partial charge < -0.3 is 15.7 Å². The van der Waals surface area contributed by atoms with Crippen molar-refractivity contribution >= 4 is 11.5 Å². The van der Waals surface area contributed by atoms with Gasteiger partial charge in [0.1, 0.15) is 11.6 Å². The molecule has 0 fully saturated rings. The molecule has 0 aliphatic heterocycles. The summed E-state index contributed by atoms with van der Waals surface area (Å²) in [7, 11) is 0. The number of aryl methyl sites for hydroxylation is 2. The Labute approximate surface area is 117 Å². The van der Waals surface area contributed by atoms with Crippen molar-refractivity contribution < 1.29 is 14.9 Å². The number of amidine groups is 1. The van der Waals surface area contributed by atoms with Crippen molar-refractivity contribution in [1.29, 1.82) is 0 Å². The number of nitro benzene ring substituents is 1. The largest absolute Gasteiger partial charge is 0.493 e. The van der Waals surface area contributed by atoms with E-state index in [0.717, 1.165) is 18.4 Å². The molecule has 0 radical (unpaired) electrons. The van der Waals surface area contributed by atoms with Crippen LogP contribution in [0.15, 0.2) is 17.3 Å². The number of hydrogen-bond donors (Lipinski definition) is 2. The van der Waals surface area contributed by atoms with Crippen LogP contribution in [-0.2, 0) is 0 Å². The quantitative estimate of drug-likeness (QED) is 0.199. The van der Waals surface area contributed by atoms with Crippen LogP contribution in [0.3, 0.4) is 0 Å². The highest BCUT2D eigenvalue weighted by Crippen LogP contribution is 2.27. The Morgan fingerprint density at radius 1 is 1.40 bits per heavy atom. The van der Waals surface area contributed by atoms with Crippen molar-refractivity contribution in [2.45, 2.75) is 33.1 Å². The monoisotopic (exact) mass is 281 g/mol. The van der Waals surface area contributed by atoms with E-state index in [0.29, 0.717) is 24.3 Å². The predicted molar refractivity (Wildman–Crippen MR) is 75.3 cm³/mol. The summed E-state index contributed by atoms with van der Waals surface area (Å²) in [4.78, 5) is 10.4. The summed E-state index contributed by atoms with van der Waals surface area (Å²) in [5, 5.41) is 22.1. The molecule has 1 aromatic rings. The number of unbranched alkanes of at least 4 members (excludes halogenated alkanes) is 1. The van der Waals surface area contributed by atoms with Gasteiger partial charge in [-0.3, -0.25) is 10.1 Å². The molecule has 110 valence electrons. The molecule has 1 aromatic carbocycles. The Morgan fingerprint density at radius 3 is 2.70 bits per heavy atom. The molecular formula is C13H19N3O4. The van der Waals surface area contributed by atoms with Gasteiger partial charge in [0.2, 0.25) is 0 Å². The van der Waals surface area contributed by atoms with Crippen LogP contribution >= 0.6 is 0 Å². The Kier molecular flexibility index (Phi) is 5.76. The van der Waals surface area contributed by atoms with Crippen molar-refractivity contribution in [2.24, 2.45) is 10.9 Å². The van der Waals surface area contributed by atoms with Gasteiger partial charge in [0.25, 0.3) is 5.69 Å². The van der Waals surface area contributed by atoms with E-state index in [1.165, 1.54) is 6.07 Å². The Morgan fingerprint density at radius 2 is 2.10 bits per heavy atom. The van der Waals surface area contributed by atoms with Gasteiger partial charge in [0, 0.05) is 18.1 Å². The van der Waals surface area contributed by atoms with Crippen molar-refractivity contribution in [2.75, 3.05) is 6.61 Å². The normalized spacial score (nSPS) is 11.4. The molecule has 0 spiro atoms. The van der Waals surface area contributed by atoms with E-state index in [-0.39, 0.29) is 11.5 Å². The molecule has 0 bridgehead atoms. The molecule has 0 unspecified atom stereocenters.